The zero-order valence-corrected chi connectivity index (χ0v) is 12.4. The highest BCUT2D eigenvalue weighted by Crippen LogP contribution is 2.30. The summed E-state index contributed by atoms with van der Waals surface area (Å²) in [6.45, 7) is 4.09. The van der Waals surface area contributed by atoms with Gasteiger partial charge >= 0.3 is 0 Å². The number of fused-ring (bicyclic) bond motifs is 1. The van der Waals surface area contributed by atoms with Crippen molar-refractivity contribution in [1.29, 1.82) is 0 Å². The fraction of sp³-hybridized carbons (Fsp3) is 0.357. The molecule has 2 aromatic rings. The van der Waals surface area contributed by atoms with Gasteiger partial charge in [0.25, 0.3) is 0 Å². The van der Waals surface area contributed by atoms with E-state index in [1.54, 1.807) is 24.4 Å². The quantitative estimate of drug-likeness (QED) is 0.918. The fourth-order valence-electron chi connectivity index (χ4n) is 2.10. The Balaban J connectivity index is 2.60. The summed E-state index contributed by atoms with van der Waals surface area (Å²) in [7, 11) is -3.78. The summed E-state index contributed by atoms with van der Waals surface area (Å²) in [5.41, 5.74) is 0.519. The fourth-order valence-corrected chi connectivity index (χ4v) is 2.83. The molecule has 0 saturated carbocycles. The Hall–Kier alpha value is -1.66. The molecule has 0 saturated heterocycles. The van der Waals surface area contributed by atoms with Crippen molar-refractivity contribution >= 4 is 20.9 Å². The Bertz CT molecular complexity index is 709. The van der Waals surface area contributed by atoms with Crippen LogP contribution in [0.4, 0.5) is 0 Å². The molecular weight excluding hydrogens is 276 g/mol. The minimum Gasteiger partial charge on any atom is -0.488 e. The van der Waals surface area contributed by atoms with E-state index in [0.717, 1.165) is 12.8 Å². The molecule has 0 aliphatic rings. The van der Waals surface area contributed by atoms with Crippen molar-refractivity contribution in [1.82, 2.24) is 4.98 Å². The Morgan fingerprint density at radius 3 is 2.55 bits per heavy atom. The number of nitrogens with two attached hydrogens (primary N) is 1. The van der Waals surface area contributed by atoms with Gasteiger partial charge < -0.3 is 4.74 Å². The van der Waals surface area contributed by atoms with E-state index in [0.29, 0.717) is 16.7 Å². The number of primary sulfonamides is 1. The molecule has 0 spiro atoms. The van der Waals surface area contributed by atoms with Gasteiger partial charge in [-0.05, 0) is 37.1 Å². The number of ether oxygens (including phenoxy) is 1. The third kappa shape index (κ3) is 2.91. The van der Waals surface area contributed by atoms with Crippen LogP contribution in [0.5, 0.6) is 5.75 Å². The number of hydrogen-bond acceptors (Lipinski definition) is 4. The number of pyridine rings is 1. The van der Waals surface area contributed by atoms with Crippen molar-refractivity contribution in [2.45, 2.75) is 37.7 Å². The van der Waals surface area contributed by atoms with Gasteiger partial charge in [-0.2, -0.15) is 0 Å². The van der Waals surface area contributed by atoms with E-state index < -0.39 is 10.0 Å². The number of sulfonamides is 1. The van der Waals surface area contributed by atoms with Crippen molar-refractivity contribution in [3.63, 3.8) is 0 Å². The van der Waals surface area contributed by atoms with Crippen LogP contribution in [0, 0.1) is 0 Å². The van der Waals surface area contributed by atoms with Gasteiger partial charge in [-0.15, -0.1) is 0 Å². The number of nitrogens with zero attached hydrogens (tertiary/aromatic N) is 1. The lowest BCUT2D eigenvalue weighted by atomic mass is 10.2. The van der Waals surface area contributed by atoms with E-state index in [9.17, 15) is 8.42 Å². The van der Waals surface area contributed by atoms with Crippen LogP contribution in [0.1, 0.15) is 26.7 Å². The molecular formula is C14H18N2O3S. The zero-order valence-electron chi connectivity index (χ0n) is 11.5. The highest BCUT2D eigenvalue weighted by molar-refractivity contribution is 7.89. The largest absolute Gasteiger partial charge is 0.488 e. The van der Waals surface area contributed by atoms with Crippen LogP contribution < -0.4 is 9.88 Å². The van der Waals surface area contributed by atoms with Crippen LogP contribution in [0.15, 0.2) is 35.4 Å². The summed E-state index contributed by atoms with van der Waals surface area (Å²) >= 11 is 0. The standard InChI is InChI=1S/C14H18N2O3S/c1-3-10(4-2)19-12-7-8-13(20(15,17)18)11-6-5-9-16-14(11)12/h5-10H,3-4H2,1-2H3,(H2,15,17,18). The topological polar surface area (TPSA) is 82.3 Å². The summed E-state index contributed by atoms with van der Waals surface area (Å²) in [4.78, 5) is 4.30. The molecule has 20 heavy (non-hydrogen) atoms. The van der Waals surface area contributed by atoms with Gasteiger partial charge in [0, 0.05) is 11.6 Å². The van der Waals surface area contributed by atoms with Crippen molar-refractivity contribution in [2.24, 2.45) is 5.14 Å². The summed E-state index contributed by atoms with van der Waals surface area (Å²) < 4.78 is 29.1. The predicted molar refractivity (Wildman–Crippen MR) is 78.1 cm³/mol. The molecule has 0 amide bonds. The Morgan fingerprint density at radius 1 is 1.25 bits per heavy atom. The van der Waals surface area contributed by atoms with Crippen molar-refractivity contribution < 1.29 is 13.2 Å². The molecule has 6 heteroatoms. The van der Waals surface area contributed by atoms with Crippen molar-refractivity contribution in [3.05, 3.63) is 30.5 Å². The molecule has 5 nitrogen and oxygen atoms in total. The molecule has 108 valence electrons. The highest BCUT2D eigenvalue weighted by Gasteiger charge is 2.17. The monoisotopic (exact) mass is 294 g/mol. The second-order valence-electron chi connectivity index (χ2n) is 4.56. The van der Waals surface area contributed by atoms with Gasteiger partial charge in [-0.25, -0.2) is 13.6 Å². The van der Waals surface area contributed by atoms with Crippen molar-refractivity contribution in [2.75, 3.05) is 0 Å². The minimum absolute atomic E-state index is 0.0671. The van der Waals surface area contributed by atoms with E-state index in [-0.39, 0.29) is 11.0 Å². The molecule has 1 heterocycles. The molecule has 0 radical (unpaired) electrons. The molecule has 0 aliphatic carbocycles. The van der Waals surface area contributed by atoms with Gasteiger partial charge in [-0.1, -0.05) is 13.8 Å². The molecule has 0 atom stereocenters. The molecule has 0 unspecified atom stereocenters. The summed E-state index contributed by atoms with van der Waals surface area (Å²) in [6, 6.07) is 6.45. The lowest BCUT2D eigenvalue weighted by Gasteiger charge is -2.17. The Labute approximate surface area is 118 Å². The maximum Gasteiger partial charge on any atom is 0.238 e. The van der Waals surface area contributed by atoms with Crippen LogP contribution >= 0.6 is 0 Å². The first kappa shape index (κ1) is 14.7. The number of aromatic nitrogens is 1. The van der Waals surface area contributed by atoms with Crippen LogP contribution in [0.2, 0.25) is 0 Å². The molecule has 0 aliphatic heterocycles. The van der Waals surface area contributed by atoms with E-state index >= 15 is 0 Å². The molecule has 0 bridgehead atoms. The van der Waals surface area contributed by atoms with E-state index in [4.69, 9.17) is 9.88 Å². The predicted octanol–water partition coefficient (Wildman–Crippen LogP) is 2.45. The zero-order chi connectivity index (χ0) is 14.8. The lowest BCUT2D eigenvalue weighted by molar-refractivity contribution is 0.195. The second kappa shape index (κ2) is 5.76. The maximum atomic E-state index is 11.6. The molecule has 1 aromatic carbocycles. The lowest BCUT2D eigenvalue weighted by Crippen LogP contribution is -2.15. The minimum atomic E-state index is -3.78. The SMILES string of the molecule is CCC(CC)Oc1ccc(S(N)(=O)=O)c2cccnc12. The maximum absolute atomic E-state index is 11.6. The van der Waals surface area contributed by atoms with Crippen LogP contribution in [-0.4, -0.2) is 19.5 Å². The normalized spacial score (nSPS) is 12.0. The third-order valence-electron chi connectivity index (χ3n) is 3.20. The van der Waals surface area contributed by atoms with Crippen molar-refractivity contribution in [3.8, 4) is 5.75 Å². The van der Waals surface area contributed by atoms with Gasteiger partial charge in [-0.3, -0.25) is 4.98 Å². The number of hydrogen-bond donors (Lipinski definition) is 1. The first-order chi connectivity index (χ1) is 9.47. The van der Waals surface area contributed by atoms with Gasteiger partial charge in [0.15, 0.2) is 0 Å². The van der Waals surface area contributed by atoms with E-state index in [2.05, 4.69) is 4.98 Å². The molecule has 2 N–H and O–H groups in total. The average Bonchev–Trinajstić information content (AvgIpc) is 2.43. The number of rotatable bonds is 5. The summed E-state index contributed by atoms with van der Waals surface area (Å²) in [5, 5.41) is 5.71. The first-order valence-corrected chi connectivity index (χ1v) is 8.09. The second-order valence-corrected chi connectivity index (χ2v) is 6.09. The Kier molecular flexibility index (Phi) is 4.25. The highest BCUT2D eigenvalue weighted by atomic mass is 32.2. The van der Waals surface area contributed by atoms with Gasteiger partial charge in [0.05, 0.1) is 11.0 Å². The van der Waals surface area contributed by atoms with E-state index in [1.807, 2.05) is 13.8 Å². The summed E-state index contributed by atoms with van der Waals surface area (Å²) in [5.74, 6) is 0.585. The average molecular weight is 294 g/mol. The van der Waals surface area contributed by atoms with Crippen LogP contribution in [-0.2, 0) is 10.0 Å². The Morgan fingerprint density at radius 2 is 1.95 bits per heavy atom. The van der Waals surface area contributed by atoms with Crippen LogP contribution in [0.25, 0.3) is 10.9 Å². The third-order valence-corrected chi connectivity index (χ3v) is 4.17. The first-order valence-electron chi connectivity index (χ1n) is 6.54. The summed E-state index contributed by atoms with van der Waals surface area (Å²) in [6.07, 6.45) is 3.44. The van der Waals surface area contributed by atoms with Gasteiger partial charge in [0.2, 0.25) is 10.0 Å². The number of benzene rings is 1. The van der Waals surface area contributed by atoms with E-state index in [1.165, 1.54) is 6.07 Å². The smallest absolute Gasteiger partial charge is 0.238 e. The molecule has 1 aromatic heterocycles. The van der Waals surface area contributed by atoms with Gasteiger partial charge in [0.1, 0.15) is 11.3 Å². The molecule has 0 fully saturated rings. The van der Waals surface area contributed by atoms with Crippen LogP contribution in [0.3, 0.4) is 0 Å². The molecule has 2 rings (SSSR count).